The van der Waals surface area contributed by atoms with Crippen LogP contribution in [0, 0.1) is 0 Å². The molecule has 0 spiro atoms. The molecule has 0 radical (unpaired) electrons. The first-order valence-corrected chi connectivity index (χ1v) is 8.41. The number of hydrogen-bond acceptors (Lipinski definition) is 3. The van der Waals surface area contributed by atoms with Crippen molar-refractivity contribution in [2.45, 2.75) is 12.6 Å². The molecule has 5 heteroatoms. The maximum atomic E-state index is 12.9. The van der Waals surface area contributed by atoms with Gasteiger partial charge >= 0.3 is 0 Å². The third kappa shape index (κ3) is 3.41. The molecule has 120 valence electrons. The molecule has 0 saturated carbocycles. The van der Waals surface area contributed by atoms with Crippen LogP contribution in [-0.4, -0.2) is 31.1 Å². The van der Waals surface area contributed by atoms with Crippen LogP contribution in [0.4, 0.5) is 5.69 Å². The number of fused-ring (bicyclic) bond motifs is 1. The Balaban J connectivity index is 1.94. The summed E-state index contributed by atoms with van der Waals surface area (Å²) >= 11 is 3.46. The second-order valence-electron chi connectivity index (χ2n) is 5.49. The summed E-state index contributed by atoms with van der Waals surface area (Å²) in [4.78, 5) is 14.8. The Labute approximate surface area is 144 Å². The molecule has 1 unspecified atom stereocenters. The third-order valence-corrected chi connectivity index (χ3v) is 4.48. The van der Waals surface area contributed by atoms with E-state index in [-0.39, 0.29) is 12.1 Å². The molecule has 1 amide bonds. The fourth-order valence-corrected chi connectivity index (χ4v) is 3.08. The molecular formula is C18H19BrN2O2. The van der Waals surface area contributed by atoms with E-state index in [4.69, 9.17) is 4.74 Å². The van der Waals surface area contributed by atoms with E-state index in [1.54, 1.807) is 7.11 Å². The molecule has 0 saturated heterocycles. The third-order valence-electron chi connectivity index (χ3n) is 3.96. The zero-order chi connectivity index (χ0) is 16.2. The lowest BCUT2D eigenvalue weighted by Gasteiger charge is -2.38. The van der Waals surface area contributed by atoms with Gasteiger partial charge in [0, 0.05) is 30.4 Å². The minimum absolute atomic E-state index is 0.0587. The largest absolute Gasteiger partial charge is 0.385 e. The first-order chi connectivity index (χ1) is 11.2. The standard InChI is InChI=1S/C18H19BrN2O2/c1-23-12-4-11-21-17(13-7-9-14(19)10-8-13)20-16-6-3-2-5-15(16)18(21)22/h2-3,5-10,17,20H,4,11-12H2,1H3. The van der Waals surface area contributed by atoms with E-state index in [0.29, 0.717) is 13.2 Å². The molecule has 3 rings (SSSR count). The van der Waals surface area contributed by atoms with Crippen LogP contribution in [-0.2, 0) is 4.74 Å². The number of carbonyl (C=O) groups is 1. The SMILES string of the molecule is COCCCN1C(=O)c2ccccc2NC1c1ccc(Br)cc1. The van der Waals surface area contributed by atoms with Crippen LogP contribution in [0.1, 0.15) is 28.5 Å². The van der Waals surface area contributed by atoms with Gasteiger partial charge in [0.15, 0.2) is 0 Å². The van der Waals surface area contributed by atoms with Crippen molar-refractivity contribution < 1.29 is 9.53 Å². The fraction of sp³-hybridized carbons (Fsp3) is 0.278. The second kappa shape index (κ2) is 7.15. The van der Waals surface area contributed by atoms with E-state index >= 15 is 0 Å². The molecule has 0 bridgehead atoms. The number of benzene rings is 2. The molecule has 1 heterocycles. The Hall–Kier alpha value is -1.85. The fourth-order valence-electron chi connectivity index (χ4n) is 2.81. The highest BCUT2D eigenvalue weighted by molar-refractivity contribution is 9.10. The molecular weight excluding hydrogens is 356 g/mol. The van der Waals surface area contributed by atoms with Gasteiger partial charge in [-0.2, -0.15) is 0 Å². The van der Waals surface area contributed by atoms with Gasteiger partial charge in [0.1, 0.15) is 6.17 Å². The topological polar surface area (TPSA) is 41.6 Å². The Morgan fingerprint density at radius 2 is 1.91 bits per heavy atom. The average Bonchev–Trinajstić information content (AvgIpc) is 2.58. The Bertz CT molecular complexity index is 688. The highest BCUT2D eigenvalue weighted by Crippen LogP contribution is 2.33. The lowest BCUT2D eigenvalue weighted by Crippen LogP contribution is -2.43. The number of anilines is 1. The van der Waals surface area contributed by atoms with Crippen LogP contribution < -0.4 is 5.32 Å². The van der Waals surface area contributed by atoms with E-state index in [0.717, 1.165) is 27.7 Å². The van der Waals surface area contributed by atoms with Crippen LogP contribution >= 0.6 is 15.9 Å². The van der Waals surface area contributed by atoms with Gasteiger partial charge in [-0.15, -0.1) is 0 Å². The lowest BCUT2D eigenvalue weighted by molar-refractivity contribution is 0.0660. The molecule has 2 aromatic rings. The Morgan fingerprint density at radius 3 is 2.65 bits per heavy atom. The highest BCUT2D eigenvalue weighted by atomic mass is 79.9. The molecule has 1 aliphatic rings. The number of methoxy groups -OCH3 is 1. The van der Waals surface area contributed by atoms with Crippen molar-refractivity contribution in [1.29, 1.82) is 0 Å². The van der Waals surface area contributed by atoms with Crippen molar-refractivity contribution in [2.24, 2.45) is 0 Å². The van der Waals surface area contributed by atoms with Crippen LogP contribution in [0.2, 0.25) is 0 Å². The molecule has 2 aromatic carbocycles. The predicted molar refractivity (Wildman–Crippen MR) is 94.5 cm³/mol. The first-order valence-electron chi connectivity index (χ1n) is 7.61. The number of ether oxygens (including phenoxy) is 1. The van der Waals surface area contributed by atoms with Gasteiger partial charge in [-0.3, -0.25) is 4.79 Å². The minimum Gasteiger partial charge on any atom is -0.385 e. The number of halogens is 1. The van der Waals surface area contributed by atoms with Gasteiger partial charge in [-0.1, -0.05) is 40.2 Å². The molecule has 0 fully saturated rings. The van der Waals surface area contributed by atoms with Crippen LogP contribution in [0.5, 0.6) is 0 Å². The smallest absolute Gasteiger partial charge is 0.257 e. The maximum Gasteiger partial charge on any atom is 0.257 e. The number of amides is 1. The zero-order valence-corrected chi connectivity index (χ0v) is 14.5. The summed E-state index contributed by atoms with van der Waals surface area (Å²) in [7, 11) is 1.68. The summed E-state index contributed by atoms with van der Waals surface area (Å²) < 4.78 is 6.15. The summed E-state index contributed by atoms with van der Waals surface area (Å²) in [6, 6.07) is 15.7. The minimum atomic E-state index is -0.164. The van der Waals surface area contributed by atoms with Crippen molar-refractivity contribution in [1.82, 2.24) is 4.90 Å². The van der Waals surface area contributed by atoms with E-state index in [2.05, 4.69) is 21.2 Å². The lowest BCUT2D eigenvalue weighted by atomic mass is 10.0. The summed E-state index contributed by atoms with van der Waals surface area (Å²) in [5.41, 5.74) is 2.67. The molecule has 0 aromatic heterocycles. The monoisotopic (exact) mass is 374 g/mol. The normalized spacial score (nSPS) is 16.9. The second-order valence-corrected chi connectivity index (χ2v) is 6.40. The Morgan fingerprint density at radius 1 is 1.17 bits per heavy atom. The van der Waals surface area contributed by atoms with Crippen molar-refractivity contribution in [3.05, 3.63) is 64.1 Å². The number of carbonyl (C=O) groups excluding carboxylic acids is 1. The Kier molecular flexibility index (Phi) is 4.98. The zero-order valence-electron chi connectivity index (χ0n) is 13.0. The van der Waals surface area contributed by atoms with Crippen LogP contribution in [0.25, 0.3) is 0 Å². The quantitative estimate of drug-likeness (QED) is 0.802. The van der Waals surface area contributed by atoms with Gasteiger partial charge in [-0.05, 0) is 36.2 Å². The van der Waals surface area contributed by atoms with E-state index < -0.39 is 0 Å². The summed E-state index contributed by atoms with van der Waals surface area (Å²) in [5.74, 6) is 0.0587. The molecule has 1 aliphatic heterocycles. The van der Waals surface area contributed by atoms with Crippen molar-refractivity contribution in [3.63, 3.8) is 0 Å². The molecule has 1 N–H and O–H groups in total. The van der Waals surface area contributed by atoms with Gasteiger partial charge in [0.2, 0.25) is 0 Å². The van der Waals surface area contributed by atoms with Crippen LogP contribution in [0.3, 0.4) is 0 Å². The van der Waals surface area contributed by atoms with E-state index in [1.165, 1.54) is 0 Å². The first kappa shape index (κ1) is 16.0. The number of nitrogens with zero attached hydrogens (tertiary/aromatic N) is 1. The van der Waals surface area contributed by atoms with Gasteiger partial charge in [0.05, 0.1) is 5.56 Å². The summed E-state index contributed by atoms with van der Waals surface area (Å²) in [6.45, 7) is 1.28. The summed E-state index contributed by atoms with van der Waals surface area (Å²) in [6.07, 6.45) is 0.640. The highest BCUT2D eigenvalue weighted by Gasteiger charge is 2.32. The van der Waals surface area contributed by atoms with Crippen LogP contribution in [0.15, 0.2) is 53.0 Å². The molecule has 1 atom stereocenters. The van der Waals surface area contributed by atoms with Gasteiger partial charge < -0.3 is 15.0 Å². The number of rotatable bonds is 5. The van der Waals surface area contributed by atoms with Crippen molar-refractivity contribution in [2.75, 3.05) is 25.6 Å². The number of para-hydroxylation sites is 1. The van der Waals surface area contributed by atoms with Crippen molar-refractivity contribution in [3.8, 4) is 0 Å². The number of nitrogens with one attached hydrogen (secondary N) is 1. The number of hydrogen-bond donors (Lipinski definition) is 1. The summed E-state index contributed by atoms with van der Waals surface area (Å²) in [5, 5.41) is 3.49. The molecule has 4 nitrogen and oxygen atoms in total. The predicted octanol–water partition coefficient (Wildman–Crippen LogP) is 4.05. The van der Waals surface area contributed by atoms with E-state index in [1.807, 2.05) is 53.4 Å². The average molecular weight is 375 g/mol. The molecule has 0 aliphatic carbocycles. The van der Waals surface area contributed by atoms with Crippen molar-refractivity contribution >= 4 is 27.5 Å². The molecule has 23 heavy (non-hydrogen) atoms. The van der Waals surface area contributed by atoms with Gasteiger partial charge in [-0.25, -0.2) is 0 Å². The van der Waals surface area contributed by atoms with E-state index in [9.17, 15) is 4.79 Å². The maximum absolute atomic E-state index is 12.9. The van der Waals surface area contributed by atoms with Gasteiger partial charge in [0.25, 0.3) is 5.91 Å².